The Morgan fingerprint density at radius 2 is 2.04 bits per heavy atom. The Kier molecular flexibility index (Phi) is 5.18. The van der Waals surface area contributed by atoms with Crippen molar-refractivity contribution >= 4 is 17.5 Å². The molecule has 3 rings (SSSR count). The second kappa shape index (κ2) is 7.51. The van der Waals surface area contributed by atoms with Gasteiger partial charge < -0.3 is 15.0 Å². The number of carbonyl (C=O) groups is 2. The van der Waals surface area contributed by atoms with Crippen molar-refractivity contribution in [3.8, 4) is 5.75 Å². The van der Waals surface area contributed by atoms with E-state index in [1.807, 2.05) is 0 Å². The molecular weight excluding hydrogens is 304 g/mol. The predicted octanol–water partition coefficient (Wildman–Crippen LogP) is 2.98. The fourth-order valence-electron chi connectivity index (χ4n) is 3.44. The van der Waals surface area contributed by atoms with Crippen LogP contribution >= 0.6 is 0 Å². The minimum atomic E-state index is -0.356. The van der Waals surface area contributed by atoms with Gasteiger partial charge in [-0.2, -0.15) is 0 Å². The number of allylic oxidation sites excluding steroid dienone is 2. The molecule has 2 amide bonds. The topological polar surface area (TPSA) is 58.6 Å². The average Bonchev–Trinajstić information content (AvgIpc) is 3.27. The van der Waals surface area contributed by atoms with Gasteiger partial charge in [0.1, 0.15) is 11.8 Å². The summed E-state index contributed by atoms with van der Waals surface area (Å²) in [5.74, 6) is 1.07. The smallest absolute Gasteiger partial charge is 0.247 e. The number of methoxy groups -OCH3 is 1. The highest BCUT2D eigenvalue weighted by atomic mass is 16.5. The van der Waals surface area contributed by atoms with Crippen molar-refractivity contribution in [1.82, 2.24) is 4.90 Å². The maximum absolute atomic E-state index is 12.6. The normalized spacial score (nSPS) is 22.6. The van der Waals surface area contributed by atoms with Crippen LogP contribution in [0.3, 0.4) is 0 Å². The molecule has 2 aliphatic rings. The van der Waals surface area contributed by atoms with Crippen LogP contribution in [0.15, 0.2) is 36.4 Å². The third-order valence-electron chi connectivity index (χ3n) is 4.78. The van der Waals surface area contributed by atoms with Crippen LogP contribution < -0.4 is 10.1 Å². The first-order chi connectivity index (χ1) is 11.7. The van der Waals surface area contributed by atoms with E-state index in [-0.39, 0.29) is 17.9 Å². The van der Waals surface area contributed by atoms with Gasteiger partial charge in [0.25, 0.3) is 0 Å². The van der Waals surface area contributed by atoms with Crippen LogP contribution in [0, 0.1) is 5.92 Å². The summed E-state index contributed by atoms with van der Waals surface area (Å²) in [5, 5.41) is 2.91. The second-order valence-electron chi connectivity index (χ2n) is 6.43. The number of hydrogen-bond donors (Lipinski definition) is 1. The fourth-order valence-corrected chi connectivity index (χ4v) is 3.44. The van der Waals surface area contributed by atoms with E-state index in [1.165, 1.54) is 0 Å². The lowest BCUT2D eigenvalue weighted by molar-refractivity contribution is -0.137. The van der Waals surface area contributed by atoms with Gasteiger partial charge in [-0.1, -0.05) is 12.2 Å². The number of benzene rings is 1. The Hall–Kier alpha value is -2.30. The standard InChI is InChI=1S/C19H24N2O3/c1-24-16-10-8-15(9-11-16)20-19(23)17-7-4-12-21(17)18(22)13-14-5-2-3-6-14/h2,5,8-11,14,17H,3-4,6-7,12-13H2,1H3,(H,20,23). The number of likely N-dealkylation sites (tertiary alicyclic amines) is 1. The van der Waals surface area contributed by atoms with Crippen LogP contribution in [-0.4, -0.2) is 36.4 Å². The molecule has 5 heteroatoms. The molecule has 0 bridgehead atoms. The molecule has 1 fully saturated rings. The Balaban J connectivity index is 1.59. The zero-order valence-electron chi connectivity index (χ0n) is 14.0. The lowest BCUT2D eigenvalue weighted by atomic mass is 10.0. The SMILES string of the molecule is COc1ccc(NC(=O)C2CCCN2C(=O)CC2C=CCC2)cc1. The van der Waals surface area contributed by atoms with Gasteiger partial charge in [-0.05, 0) is 55.9 Å². The maximum atomic E-state index is 12.6. The first-order valence-corrected chi connectivity index (χ1v) is 8.58. The number of amides is 2. The van der Waals surface area contributed by atoms with Crippen LogP contribution in [0.2, 0.25) is 0 Å². The zero-order valence-corrected chi connectivity index (χ0v) is 14.0. The number of nitrogens with zero attached hydrogens (tertiary/aromatic N) is 1. The molecule has 2 unspecified atom stereocenters. The highest BCUT2D eigenvalue weighted by molar-refractivity contribution is 5.97. The van der Waals surface area contributed by atoms with E-state index in [2.05, 4.69) is 17.5 Å². The van der Waals surface area contributed by atoms with Gasteiger partial charge in [0.2, 0.25) is 11.8 Å². The minimum absolute atomic E-state index is 0.0962. The first kappa shape index (κ1) is 16.6. The van der Waals surface area contributed by atoms with E-state index in [0.717, 1.165) is 37.1 Å². The van der Waals surface area contributed by atoms with Crippen LogP contribution in [0.25, 0.3) is 0 Å². The molecule has 1 aliphatic carbocycles. The molecular formula is C19H24N2O3. The fraction of sp³-hybridized carbons (Fsp3) is 0.474. The Morgan fingerprint density at radius 3 is 2.71 bits per heavy atom. The summed E-state index contributed by atoms with van der Waals surface area (Å²) in [4.78, 5) is 26.9. The van der Waals surface area contributed by atoms with Crippen molar-refractivity contribution in [2.75, 3.05) is 19.0 Å². The number of ether oxygens (including phenoxy) is 1. The van der Waals surface area contributed by atoms with Crippen molar-refractivity contribution in [2.45, 2.75) is 38.1 Å². The molecule has 1 heterocycles. The van der Waals surface area contributed by atoms with Crippen molar-refractivity contribution in [2.24, 2.45) is 5.92 Å². The summed E-state index contributed by atoms with van der Waals surface area (Å²) in [6.07, 6.45) is 8.49. The summed E-state index contributed by atoms with van der Waals surface area (Å²) < 4.78 is 5.11. The van der Waals surface area contributed by atoms with E-state index in [1.54, 1.807) is 36.3 Å². The molecule has 1 aliphatic heterocycles. The third kappa shape index (κ3) is 3.78. The highest BCUT2D eigenvalue weighted by Crippen LogP contribution is 2.25. The van der Waals surface area contributed by atoms with Crippen LogP contribution in [-0.2, 0) is 9.59 Å². The Labute approximate surface area is 142 Å². The number of anilines is 1. The second-order valence-corrected chi connectivity index (χ2v) is 6.43. The molecule has 1 saturated heterocycles. The number of rotatable bonds is 5. The predicted molar refractivity (Wildman–Crippen MR) is 92.8 cm³/mol. The van der Waals surface area contributed by atoms with Gasteiger partial charge in [-0.3, -0.25) is 9.59 Å². The lowest BCUT2D eigenvalue weighted by Gasteiger charge is -2.25. The van der Waals surface area contributed by atoms with E-state index in [4.69, 9.17) is 4.74 Å². The van der Waals surface area contributed by atoms with Gasteiger partial charge in [-0.25, -0.2) is 0 Å². The van der Waals surface area contributed by atoms with Crippen molar-refractivity contribution in [3.63, 3.8) is 0 Å². The summed E-state index contributed by atoms with van der Waals surface area (Å²) in [6.45, 7) is 0.677. The number of nitrogens with one attached hydrogen (secondary N) is 1. The summed E-state index contributed by atoms with van der Waals surface area (Å²) >= 11 is 0. The molecule has 2 atom stereocenters. The lowest BCUT2D eigenvalue weighted by Crippen LogP contribution is -2.43. The van der Waals surface area contributed by atoms with Crippen LogP contribution in [0.1, 0.15) is 32.1 Å². The van der Waals surface area contributed by atoms with Gasteiger partial charge in [0, 0.05) is 18.7 Å². The average molecular weight is 328 g/mol. The Morgan fingerprint density at radius 1 is 1.25 bits per heavy atom. The van der Waals surface area contributed by atoms with Crippen LogP contribution in [0.5, 0.6) is 5.75 Å². The summed E-state index contributed by atoms with van der Waals surface area (Å²) in [7, 11) is 1.61. The third-order valence-corrected chi connectivity index (χ3v) is 4.78. The molecule has 0 radical (unpaired) electrons. The molecule has 0 aromatic heterocycles. The van der Waals surface area contributed by atoms with E-state index in [9.17, 15) is 9.59 Å². The van der Waals surface area contributed by atoms with Crippen molar-refractivity contribution in [1.29, 1.82) is 0 Å². The molecule has 5 nitrogen and oxygen atoms in total. The minimum Gasteiger partial charge on any atom is -0.497 e. The van der Waals surface area contributed by atoms with Gasteiger partial charge >= 0.3 is 0 Å². The van der Waals surface area contributed by atoms with Crippen LogP contribution in [0.4, 0.5) is 5.69 Å². The van der Waals surface area contributed by atoms with Gasteiger partial charge in [-0.15, -0.1) is 0 Å². The van der Waals surface area contributed by atoms with E-state index < -0.39 is 0 Å². The highest BCUT2D eigenvalue weighted by Gasteiger charge is 2.34. The molecule has 1 N–H and O–H groups in total. The molecule has 1 aromatic carbocycles. The number of carbonyl (C=O) groups excluding carboxylic acids is 2. The van der Waals surface area contributed by atoms with E-state index >= 15 is 0 Å². The molecule has 24 heavy (non-hydrogen) atoms. The molecule has 0 spiro atoms. The molecule has 1 aromatic rings. The van der Waals surface area contributed by atoms with E-state index in [0.29, 0.717) is 18.9 Å². The summed E-state index contributed by atoms with van der Waals surface area (Å²) in [6, 6.07) is 6.87. The monoisotopic (exact) mass is 328 g/mol. The largest absolute Gasteiger partial charge is 0.497 e. The zero-order chi connectivity index (χ0) is 16.9. The van der Waals surface area contributed by atoms with Gasteiger partial charge in [0.15, 0.2) is 0 Å². The molecule has 128 valence electrons. The van der Waals surface area contributed by atoms with Crippen molar-refractivity contribution < 1.29 is 14.3 Å². The number of hydrogen-bond acceptors (Lipinski definition) is 3. The van der Waals surface area contributed by atoms with Crippen molar-refractivity contribution in [3.05, 3.63) is 36.4 Å². The molecule has 0 saturated carbocycles. The first-order valence-electron chi connectivity index (χ1n) is 8.58. The quantitative estimate of drug-likeness (QED) is 0.845. The summed E-state index contributed by atoms with van der Waals surface area (Å²) in [5.41, 5.74) is 0.721. The Bertz CT molecular complexity index is 624. The maximum Gasteiger partial charge on any atom is 0.247 e. The van der Waals surface area contributed by atoms with Gasteiger partial charge in [0.05, 0.1) is 7.11 Å².